The molecular weight excluding hydrogens is 284 g/mol. The van der Waals surface area contributed by atoms with E-state index in [1.807, 2.05) is 25.1 Å². The van der Waals surface area contributed by atoms with Crippen LogP contribution in [0.2, 0.25) is 5.02 Å². The molecule has 0 spiro atoms. The van der Waals surface area contributed by atoms with Gasteiger partial charge < -0.3 is 10.2 Å². The molecule has 1 aromatic rings. The lowest BCUT2D eigenvalue weighted by Crippen LogP contribution is -2.31. The topological polar surface area (TPSA) is 32.3 Å². The molecule has 0 radical (unpaired) electrons. The monoisotopic (exact) mass is 308 g/mol. The molecule has 0 aromatic heterocycles. The average Bonchev–Trinajstić information content (AvgIpc) is 2.48. The molecule has 1 unspecified atom stereocenters. The molecule has 21 heavy (non-hydrogen) atoms. The van der Waals surface area contributed by atoms with Crippen LogP contribution in [0.1, 0.15) is 46.0 Å². The number of carbonyl (C=O) groups excluding carboxylic acids is 1. The number of rotatable bonds is 5. The summed E-state index contributed by atoms with van der Waals surface area (Å²) in [5.74, 6) is 0.112. The highest BCUT2D eigenvalue weighted by Crippen LogP contribution is 2.31. The molecule has 3 nitrogen and oxygen atoms in total. The number of nitrogens with zero attached hydrogens (tertiary/aromatic N) is 1. The van der Waals surface area contributed by atoms with Gasteiger partial charge in [-0.05, 0) is 43.9 Å². The largest absolute Gasteiger partial charge is 0.370 e. The molecule has 1 N–H and O–H groups in total. The van der Waals surface area contributed by atoms with E-state index in [1.54, 1.807) is 0 Å². The summed E-state index contributed by atoms with van der Waals surface area (Å²) >= 11 is 6.11. The predicted octanol–water partition coefficient (Wildman–Crippen LogP) is 4.71. The van der Waals surface area contributed by atoms with Gasteiger partial charge in [-0.15, -0.1) is 0 Å². The first-order valence-electron chi connectivity index (χ1n) is 7.97. The minimum atomic E-state index is 0.0307. The van der Waals surface area contributed by atoms with Crippen LogP contribution in [-0.2, 0) is 4.79 Å². The summed E-state index contributed by atoms with van der Waals surface area (Å²) < 4.78 is 0. The van der Waals surface area contributed by atoms with Crippen molar-refractivity contribution >= 4 is 28.9 Å². The maximum atomic E-state index is 12.3. The third-order valence-electron chi connectivity index (χ3n) is 4.08. The number of hydrogen-bond donors (Lipinski definition) is 1. The van der Waals surface area contributed by atoms with Gasteiger partial charge in [-0.3, -0.25) is 4.79 Å². The quantitative estimate of drug-likeness (QED) is 0.854. The van der Waals surface area contributed by atoms with Crippen LogP contribution in [0, 0.1) is 5.92 Å². The van der Waals surface area contributed by atoms with E-state index in [1.165, 1.54) is 19.3 Å². The third kappa shape index (κ3) is 4.37. The molecule has 1 aliphatic rings. The van der Waals surface area contributed by atoms with Crippen LogP contribution in [0.5, 0.6) is 0 Å². The molecule has 4 heteroatoms. The SMILES string of the molecule is CCCC(C)C(=O)Nc1cc(Cl)ccc1N1CCCCC1. The van der Waals surface area contributed by atoms with Gasteiger partial charge in [-0.25, -0.2) is 0 Å². The van der Waals surface area contributed by atoms with E-state index in [2.05, 4.69) is 17.1 Å². The smallest absolute Gasteiger partial charge is 0.227 e. The van der Waals surface area contributed by atoms with Gasteiger partial charge in [0.2, 0.25) is 5.91 Å². The third-order valence-corrected chi connectivity index (χ3v) is 4.32. The van der Waals surface area contributed by atoms with Crippen molar-refractivity contribution in [2.24, 2.45) is 5.92 Å². The van der Waals surface area contributed by atoms with Gasteiger partial charge in [0, 0.05) is 24.0 Å². The number of piperidine rings is 1. The lowest BCUT2D eigenvalue weighted by atomic mass is 10.0. The summed E-state index contributed by atoms with van der Waals surface area (Å²) in [7, 11) is 0. The van der Waals surface area contributed by atoms with Crippen LogP contribution < -0.4 is 10.2 Å². The average molecular weight is 309 g/mol. The normalized spacial score (nSPS) is 16.6. The summed E-state index contributed by atoms with van der Waals surface area (Å²) in [6.45, 7) is 6.18. The van der Waals surface area contributed by atoms with E-state index in [0.29, 0.717) is 5.02 Å². The molecule has 0 saturated carbocycles. The van der Waals surface area contributed by atoms with Gasteiger partial charge in [-0.2, -0.15) is 0 Å². The first kappa shape index (κ1) is 16.2. The van der Waals surface area contributed by atoms with Crippen LogP contribution in [0.4, 0.5) is 11.4 Å². The molecule has 1 aromatic carbocycles. The van der Waals surface area contributed by atoms with Crippen LogP contribution in [0.15, 0.2) is 18.2 Å². The van der Waals surface area contributed by atoms with Crippen molar-refractivity contribution in [2.75, 3.05) is 23.3 Å². The van der Waals surface area contributed by atoms with E-state index >= 15 is 0 Å². The zero-order chi connectivity index (χ0) is 15.2. The predicted molar refractivity (Wildman–Crippen MR) is 90.2 cm³/mol. The van der Waals surface area contributed by atoms with Crippen molar-refractivity contribution in [3.63, 3.8) is 0 Å². The number of halogens is 1. The molecule has 0 aliphatic carbocycles. The van der Waals surface area contributed by atoms with Gasteiger partial charge in [0.15, 0.2) is 0 Å². The van der Waals surface area contributed by atoms with Crippen molar-refractivity contribution < 1.29 is 4.79 Å². The molecule has 116 valence electrons. The zero-order valence-electron chi connectivity index (χ0n) is 13.0. The Bertz CT molecular complexity index is 484. The molecule has 0 bridgehead atoms. The van der Waals surface area contributed by atoms with Gasteiger partial charge in [0.25, 0.3) is 0 Å². The molecule has 1 amide bonds. The Morgan fingerprint density at radius 2 is 2.05 bits per heavy atom. The fourth-order valence-corrected chi connectivity index (χ4v) is 3.01. The van der Waals surface area contributed by atoms with Crippen LogP contribution in [0.3, 0.4) is 0 Å². The highest BCUT2D eigenvalue weighted by molar-refractivity contribution is 6.31. The molecular formula is C17H25ClN2O. The van der Waals surface area contributed by atoms with E-state index in [9.17, 15) is 4.79 Å². The fraction of sp³-hybridized carbons (Fsp3) is 0.588. The molecule has 2 rings (SSSR count). The van der Waals surface area contributed by atoms with Crippen molar-refractivity contribution in [1.29, 1.82) is 0 Å². The van der Waals surface area contributed by atoms with Crippen molar-refractivity contribution in [3.05, 3.63) is 23.2 Å². The van der Waals surface area contributed by atoms with E-state index in [4.69, 9.17) is 11.6 Å². The van der Waals surface area contributed by atoms with Gasteiger partial charge in [0.1, 0.15) is 0 Å². The highest BCUT2D eigenvalue weighted by atomic mass is 35.5. The molecule has 1 atom stereocenters. The minimum absolute atomic E-state index is 0.0307. The fourth-order valence-electron chi connectivity index (χ4n) is 2.84. The Morgan fingerprint density at radius 3 is 2.71 bits per heavy atom. The van der Waals surface area contributed by atoms with E-state index in [-0.39, 0.29) is 11.8 Å². The minimum Gasteiger partial charge on any atom is -0.370 e. The number of hydrogen-bond acceptors (Lipinski definition) is 2. The maximum Gasteiger partial charge on any atom is 0.227 e. The summed E-state index contributed by atoms with van der Waals surface area (Å²) in [5.41, 5.74) is 1.94. The van der Waals surface area contributed by atoms with Gasteiger partial charge in [-0.1, -0.05) is 31.9 Å². The Labute approximate surface area is 132 Å². The molecule has 1 saturated heterocycles. The second kappa shape index (κ2) is 7.69. The Hall–Kier alpha value is -1.22. The molecule has 1 heterocycles. The van der Waals surface area contributed by atoms with Crippen molar-refractivity contribution in [2.45, 2.75) is 46.0 Å². The highest BCUT2D eigenvalue weighted by Gasteiger charge is 2.18. The molecule has 1 fully saturated rings. The first-order chi connectivity index (χ1) is 10.1. The van der Waals surface area contributed by atoms with E-state index < -0.39 is 0 Å². The second-order valence-corrected chi connectivity index (χ2v) is 6.32. The summed E-state index contributed by atoms with van der Waals surface area (Å²) in [6, 6.07) is 5.78. The lowest BCUT2D eigenvalue weighted by molar-refractivity contribution is -0.119. The van der Waals surface area contributed by atoms with Crippen LogP contribution >= 0.6 is 11.6 Å². The van der Waals surface area contributed by atoms with Crippen molar-refractivity contribution in [1.82, 2.24) is 0 Å². The lowest BCUT2D eigenvalue weighted by Gasteiger charge is -2.31. The second-order valence-electron chi connectivity index (χ2n) is 5.89. The summed E-state index contributed by atoms with van der Waals surface area (Å²) in [6.07, 6.45) is 5.64. The van der Waals surface area contributed by atoms with E-state index in [0.717, 1.165) is 37.3 Å². The number of anilines is 2. The van der Waals surface area contributed by atoms with Crippen molar-refractivity contribution in [3.8, 4) is 0 Å². The summed E-state index contributed by atoms with van der Waals surface area (Å²) in [5, 5.41) is 3.73. The summed E-state index contributed by atoms with van der Waals surface area (Å²) in [4.78, 5) is 14.6. The molecule has 1 aliphatic heterocycles. The van der Waals surface area contributed by atoms with Crippen LogP contribution in [0.25, 0.3) is 0 Å². The number of carbonyl (C=O) groups is 1. The zero-order valence-corrected chi connectivity index (χ0v) is 13.7. The Kier molecular flexibility index (Phi) is 5.92. The number of benzene rings is 1. The van der Waals surface area contributed by atoms with Gasteiger partial charge >= 0.3 is 0 Å². The van der Waals surface area contributed by atoms with Gasteiger partial charge in [0.05, 0.1) is 11.4 Å². The standard InChI is InChI=1S/C17H25ClN2O/c1-3-7-13(2)17(21)19-15-12-14(18)8-9-16(15)20-10-5-4-6-11-20/h8-9,12-13H,3-7,10-11H2,1-2H3,(H,19,21). The number of amides is 1. The maximum absolute atomic E-state index is 12.3. The first-order valence-corrected chi connectivity index (χ1v) is 8.35. The number of nitrogens with one attached hydrogen (secondary N) is 1. The van der Waals surface area contributed by atoms with Crippen LogP contribution in [-0.4, -0.2) is 19.0 Å². The Balaban J connectivity index is 2.16. The Morgan fingerprint density at radius 1 is 1.33 bits per heavy atom.